The maximum atomic E-state index is 6.58. The Morgan fingerprint density at radius 3 is 1.95 bits per heavy atom. The molecule has 1 heterocycles. The van der Waals surface area contributed by atoms with Gasteiger partial charge in [0.1, 0.15) is 0 Å². The van der Waals surface area contributed by atoms with Crippen molar-refractivity contribution in [3.05, 3.63) is 33.4 Å². The molecule has 0 spiro atoms. The Hall–Kier alpha value is -0.860. The van der Waals surface area contributed by atoms with Crippen molar-refractivity contribution in [2.24, 2.45) is 11.7 Å². The fourth-order valence-electron chi connectivity index (χ4n) is 3.31. The molecule has 2 N–H and O–H groups in total. The predicted molar refractivity (Wildman–Crippen MR) is 80.6 cm³/mol. The van der Waals surface area contributed by atoms with Crippen LogP contribution in [0.5, 0.6) is 0 Å². The second-order valence-corrected chi connectivity index (χ2v) is 6.04. The molecule has 1 aliphatic heterocycles. The molecule has 1 aromatic rings. The van der Waals surface area contributed by atoms with E-state index in [4.69, 9.17) is 10.5 Å². The number of nitrogens with two attached hydrogens (primary N) is 1. The molecule has 0 saturated carbocycles. The number of rotatable bonds is 2. The van der Waals surface area contributed by atoms with Gasteiger partial charge in [0.2, 0.25) is 0 Å². The lowest BCUT2D eigenvalue weighted by atomic mass is 9.81. The van der Waals surface area contributed by atoms with Crippen LogP contribution in [0.15, 0.2) is 0 Å². The van der Waals surface area contributed by atoms with Gasteiger partial charge in [-0.1, -0.05) is 0 Å². The van der Waals surface area contributed by atoms with Gasteiger partial charge >= 0.3 is 0 Å². The van der Waals surface area contributed by atoms with Gasteiger partial charge in [0.05, 0.1) is 6.61 Å². The molecule has 2 nitrogen and oxygen atoms in total. The molecule has 0 radical (unpaired) electrons. The van der Waals surface area contributed by atoms with E-state index >= 15 is 0 Å². The summed E-state index contributed by atoms with van der Waals surface area (Å²) in [6.45, 7) is 12.8. The van der Waals surface area contributed by atoms with Gasteiger partial charge in [0.15, 0.2) is 0 Å². The van der Waals surface area contributed by atoms with Crippen molar-refractivity contribution in [1.82, 2.24) is 0 Å². The Bertz CT molecular complexity index is 444. The summed E-state index contributed by atoms with van der Waals surface area (Å²) in [5.41, 5.74) is 14.9. The summed E-state index contributed by atoms with van der Waals surface area (Å²) < 4.78 is 5.61. The highest BCUT2D eigenvalue weighted by atomic mass is 16.5. The largest absolute Gasteiger partial charge is 0.381 e. The fourth-order valence-corrected chi connectivity index (χ4v) is 3.31. The first-order valence-corrected chi connectivity index (χ1v) is 7.35. The zero-order valence-electron chi connectivity index (χ0n) is 13.0. The summed E-state index contributed by atoms with van der Waals surface area (Å²) in [6, 6.07) is 0.110. The molecule has 0 aromatic heterocycles. The van der Waals surface area contributed by atoms with Gasteiger partial charge in [0.25, 0.3) is 0 Å². The summed E-state index contributed by atoms with van der Waals surface area (Å²) in [5, 5.41) is 0. The van der Waals surface area contributed by atoms with E-state index in [9.17, 15) is 0 Å². The molecule has 0 bridgehead atoms. The van der Waals surface area contributed by atoms with E-state index in [1.807, 2.05) is 0 Å². The molecule has 2 atom stereocenters. The third-order valence-electron chi connectivity index (χ3n) is 5.09. The Morgan fingerprint density at radius 2 is 1.47 bits per heavy atom. The van der Waals surface area contributed by atoms with Gasteiger partial charge in [-0.2, -0.15) is 0 Å². The van der Waals surface area contributed by atoms with Crippen molar-refractivity contribution in [3.8, 4) is 0 Å². The summed E-state index contributed by atoms with van der Waals surface area (Å²) in [6.07, 6.45) is 2.33. The zero-order chi connectivity index (χ0) is 14.2. The van der Waals surface area contributed by atoms with Crippen LogP contribution >= 0.6 is 0 Å². The summed E-state index contributed by atoms with van der Waals surface area (Å²) in [5.74, 6) is 0.465. The molecule has 0 amide bonds. The average molecular weight is 261 g/mol. The highest BCUT2D eigenvalue weighted by Gasteiger charge is 2.26. The summed E-state index contributed by atoms with van der Waals surface area (Å²) in [7, 11) is 0. The van der Waals surface area contributed by atoms with Crippen LogP contribution in [0.3, 0.4) is 0 Å². The molecule has 0 aliphatic carbocycles. The average Bonchev–Trinajstić information content (AvgIpc) is 2.44. The van der Waals surface area contributed by atoms with Crippen molar-refractivity contribution in [2.75, 3.05) is 13.2 Å². The molecule has 19 heavy (non-hydrogen) atoms. The molecular weight excluding hydrogens is 234 g/mol. The Labute approximate surface area is 117 Å². The molecule has 2 heteroatoms. The molecule has 2 rings (SSSR count). The minimum Gasteiger partial charge on any atom is -0.381 e. The van der Waals surface area contributed by atoms with Crippen molar-refractivity contribution >= 4 is 0 Å². The van der Waals surface area contributed by atoms with E-state index in [1.54, 1.807) is 0 Å². The number of benzene rings is 1. The van der Waals surface area contributed by atoms with E-state index in [0.29, 0.717) is 5.92 Å². The van der Waals surface area contributed by atoms with Gasteiger partial charge in [-0.25, -0.2) is 0 Å². The lowest BCUT2D eigenvalue weighted by Crippen LogP contribution is -2.30. The van der Waals surface area contributed by atoms with E-state index in [1.165, 1.54) is 39.8 Å². The van der Waals surface area contributed by atoms with Crippen LogP contribution in [0.1, 0.15) is 52.3 Å². The van der Waals surface area contributed by atoms with Gasteiger partial charge in [-0.3, -0.25) is 0 Å². The first-order chi connectivity index (χ1) is 8.95. The van der Waals surface area contributed by atoms with Crippen molar-refractivity contribution in [1.29, 1.82) is 0 Å². The fraction of sp³-hybridized carbons (Fsp3) is 0.647. The highest BCUT2D eigenvalue weighted by molar-refractivity contribution is 5.50. The van der Waals surface area contributed by atoms with Gasteiger partial charge in [0, 0.05) is 18.6 Å². The van der Waals surface area contributed by atoms with Crippen LogP contribution in [0, 0.1) is 40.5 Å². The summed E-state index contributed by atoms with van der Waals surface area (Å²) >= 11 is 0. The molecule has 1 saturated heterocycles. The highest BCUT2D eigenvalue weighted by Crippen LogP contribution is 2.35. The number of hydrogen-bond donors (Lipinski definition) is 1. The number of ether oxygens (including phenoxy) is 1. The van der Waals surface area contributed by atoms with Crippen LogP contribution in [-0.2, 0) is 4.74 Å². The van der Waals surface area contributed by atoms with Crippen molar-refractivity contribution in [3.63, 3.8) is 0 Å². The summed E-state index contributed by atoms with van der Waals surface area (Å²) in [4.78, 5) is 0. The second-order valence-electron chi connectivity index (χ2n) is 6.04. The standard InChI is InChI=1S/C17H27NO/c1-10-11(2)13(4)16(14(5)12(10)3)17(18)15-7-6-8-19-9-15/h15,17H,6-9,18H2,1-5H3. The maximum Gasteiger partial charge on any atom is 0.0512 e. The minimum atomic E-state index is 0.110. The Balaban J connectivity index is 2.43. The van der Waals surface area contributed by atoms with Crippen LogP contribution in [0.4, 0.5) is 0 Å². The smallest absolute Gasteiger partial charge is 0.0512 e. The minimum absolute atomic E-state index is 0.110. The van der Waals surface area contributed by atoms with Gasteiger partial charge < -0.3 is 10.5 Å². The van der Waals surface area contributed by atoms with Gasteiger partial charge in [-0.15, -0.1) is 0 Å². The maximum absolute atomic E-state index is 6.58. The Kier molecular flexibility index (Phi) is 4.32. The topological polar surface area (TPSA) is 35.2 Å². The quantitative estimate of drug-likeness (QED) is 0.882. The SMILES string of the molecule is Cc1c(C)c(C)c(C(N)C2CCCOC2)c(C)c1C. The third-order valence-corrected chi connectivity index (χ3v) is 5.09. The van der Waals surface area contributed by atoms with Crippen LogP contribution in [-0.4, -0.2) is 13.2 Å². The molecule has 106 valence electrons. The third kappa shape index (κ3) is 2.56. The first kappa shape index (κ1) is 14.5. The molecule has 1 aliphatic rings. The van der Waals surface area contributed by atoms with E-state index in [0.717, 1.165) is 19.6 Å². The lowest BCUT2D eigenvalue weighted by molar-refractivity contribution is 0.0446. The number of hydrogen-bond acceptors (Lipinski definition) is 2. The van der Waals surface area contributed by atoms with Crippen molar-refractivity contribution < 1.29 is 4.74 Å². The van der Waals surface area contributed by atoms with Crippen molar-refractivity contribution in [2.45, 2.75) is 53.5 Å². The van der Waals surface area contributed by atoms with E-state index < -0.39 is 0 Å². The first-order valence-electron chi connectivity index (χ1n) is 7.35. The predicted octanol–water partition coefficient (Wildman–Crippen LogP) is 3.66. The molecule has 1 aromatic carbocycles. The normalized spacial score (nSPS) is 21.5. The Morgan fingerprint density at radius 1 is 0.947 bits per heavy atom. The van der Waals surface area contributed by atoms with Crippen LogP contribution < -0.4 is 5.73 Å². The zero-order valence-corrected chi connectivity index (χ0v) is 13.0. The van der Waals surface area contributed by atoms with Crippen LogP contribution in [0.25, 0.3) is 0 Å². The lowest BCUT2D eigenvalue weighted by Gasteiger charge is -2.31. The molecule has 2 unspecified atom stereocenters. The second kappa shape index (κ2) is 5.64. The van der Waals surface area contributed by atoms with E-state index in [2.05, 4.69) is 34.6 Å². The van der Waals surface area contributed by atoms with Gasteiger partial charge in [-0.05, 0) is 80.8 Å². The monoisotopic (exact) mass is 261 g/mol. The molecule has 1 fully saturated rings. The molecular formula is C17H27NO. The van der Waals surface area contributed by atoms with Crippen LogP contribution in [0.2, 0.25) is 0 Å². The van der Waals surface area contributed by atoms with E-state index in [-0.39, 0.29) is 6.04 Å².